The van der Waals surface area contributed by atoms with E-state index >= 15 is 0 Å². The van der Waals surface area contributed by atoms with Crippen LogP contribution in [-0.4, -0.2) is 8.32 Å². The topological polar surface area (TPSA) is 9.23 Å². The number of halogens is 2. The highest BCUT2D eigenvalue weighted by atomic mass is 35.5. The van der Waals surface area contributed by atoms with E-state index in [-0.39, 0.29) is 0 Å². The average molecular weight is 261 g/mol. The molecule has 1 aromatic carbocycles. The van der Waals surface area contributed by atoms with Gasteiger partial charge in [-0.15, -0.1) is 0 Å². The van der Waals surface area contributed by atoms with Gasteiger partial charge >= 0.3 is 0 Å². The van der Waals surface area contributed by atoms with E-state index in [2.05, 4.69) is 26.2 Å². The third-order valence-corrected chi connectivity index (χ3v) is 2.91. The van der Waals surface area contributed by atoms with Gasteiger partial charge in [-0.05, 0) is 37.8 Å². The zero-order valence-electron chi connectivity index (χ0n) is 9.10. The Kier molecular flexibility index (Phi) is 3.87. The molecule has 0 amide bonds. The second-order valence-electron chi connectivity index (χ2n) is 4.30. The zero-order chi connectivity index (χ0) is 11.6. The predicted octanol–water partition coefficient (Wildman–Crippen LogP) is 4.82. The minimum absolute atomic E-state index is 0.595. The Morgan fingerprint density at radius 2 is 1.60 bits per heavy atom. The molecule has 1 aromatic rings. The Balaban J connectivity index is 2.92. The molecule has 0 saturated heterocycles. The second kappa shape index (κ2) is 4.60. The van der Waals surface area contributed by atoms with Crippen LogP contribution in [0.4, 0.5) is 0 Å². The standard InChI is InChI=1S/C11H14Cl2OSi/c1-8(14-15(2,3)4)9-5-10(12)7-11(13)6-9/h5-7H,1H2,2-4H3. The molecular formula is C11H14Cl2OSi. The van der Waals surface area contributed by atoms with Crippen LogP contribution in [0.5, 0.6) is 0 Å². The molecule has 0 radical (unpaired) electrons. The van der Waals surface area contributed by atoms with Gasteiger partial charge in [0.05, 0.1) is 0 Å². The lowest BCUT2D eigenvalue weighted by Crippen LogP contribution is -2.24. The molecule has 0 fully saturated rings. The molecule has 0 unspecified atom stereocenters. The van der Waals surface area contributed by atoms with Crippen molar-refractivity contribution in [1.29, 1.82) is 0 Å². The van der Waals surface area contributed by atoms with Gasteiger partial charge in [0.15, 0.2) is 0 Å². The maximum Gasteiger partial charge on any atom is 0.242 e. The molecule has 82 valence electrons. The largest absolute Gasteiger partial charge is 0.544 e. The Labute approximate surface area is 102 Å². The van der Waals surface area contributed by atoms with Crippen molar-refractivity contribution < 1.29 is 4.43 Å². The van der Waals surface area contributed by atoms with Gasteiger partial charge in [-0.1, -0.05) is 29.8 Å². The first-order chi connectivity index (χ1) is 6.78. The Morgan fingerprint density at radius 1 is 1.13 bits per heavy atom. The summed E-state index contributed by atoms with van der Waals surface area (Å²) < 4.78 is 5.76. The van der Waals surface area contributed by atoms with Gasteiger partial charge in [0, 0.05) is 15.6 Å². The fraction of sp³-hybridized carbons (Fsp3) is 0.273. The number of rotatable bonds is 3. The summed E-state index contributed by atoms with van der Waals surface area (Å²) in [5, 5.41) is 1.19. The van der Waals surface area contributed by atoms with Gasteiger partial charge in [-0.25, -0.2) is 0 Å². The van der Waals surface area contributed by atoms with Crippen LogP contribution in [0, 0.1) is 0 Å². The summed E-state index contributed by atoms with van der Waals surface area (Å²) in [6.07, 6.45) is 0. The second-order valence-corrected chi connectivity index (χ2v) is 9.60. The summed E-state index contributed by atoms with van der Waals surface area (Å²) in [5.41, 5.74) is 0.843. The van der Waals surface area contributed by atoms with E-state index in [1.807, 2.05) is 0 Å². The molecular weight excluding hydrogens is 247 g/mol. The monoisotopic (exact) mass is 260 g/mol. The van der Waals surface area contributed by atoms with Gasteiger partial charge in [0.2, 0.25) is 8.32 Å². The van der Waals surface area contributed by atoms with E-state index < -0.39 is 8.32 Å². The molecule has 0 bridgehead atoms. The molecule has 15 heavy (non-hydrogen) atoms. The van der Waals surface area contributed by atoms with Crippen LogP contribution in [0.1, 0.15) is 5.56 Å². The van der Waals surface area contributed by atoms with Gasteiger partial charge < -0.3 is 4.43 Å². The molecule has 0 aliphatic carbocycles. The molecule has 0 spiro atoms. The van der Waals surface area contributed by atoms with Crippen molar-refractivity contribution in [2.45, 2.75) is 19.6 Å². The molecule has 1 nitrogen and oxygen atoms in total. The van der Waals surface area contributed by atoms with Crippen molar-refractivity contribution in [3.05, 3.63) is 40.4 Å². The van der Waals surface area contributed by atoms with E-state index in [1.165, 1.54) is 0 Å². The van der Waals surface area contributed by atoms with Gasteiger partial charge in [-0.2, -0.15) is 0 Å². The third-order valence-electron chi connectivity index (χ3n) is 1.61. The highest BCUT2D eigenvalue weighted by Crippen LogP contribution is 2.25. The summed E-state index contributed by atoms with van der Waals surface area (Å²) in [5.74, 6) is 0.638. The van der Waals surface area contributed by atoms with Crippen LogP contribution in [0.15, 0.2) is 24.8 Å². The van der Waals surface area contributed by atoms with E-state index in [0.29, 0.717) is 15.8 Å². The van der Waals surface area contributed by atoms with Crippen molar-refractivity contribution in [3.8, 4) is 0 Å². The smallest absolute Gasteiger partial charge is 0.242 e. The lowest BCUT2D eigenvalue weighted by molar-refractivity contribution is 0.516. The highest BCUT2D eigenvalue weighted by molar-refractivity contribution is 6.70. The lowest BCUT2D eigenvalue weighted by Gasteiger charge is -2.21. The summed E-state index contributed by atoms with van der Waals surface area (Å²) in [6.45, 7) is 10.2. The van der Waals surface area contributed by atoms with Crippen molar-refractivity contribution in [1.82, 2.24) is 0 Å². The summed E-state index contributed by atoms with van der Waals surface area (Å²) in [6, 6.07) is 5.29. The van der Waals surface area contributed by atoms with Gasteiger partial charge in [0.25, 0.3) is 0 Å². The number of hydrogen-bond acceptors (Lipinski definition) is 1. The van der Waals surface area contributed by atoms with E-state index in [1.54, 1.807) is 18.2 Å². The first-order valence-corrected chi connectivity index (χ1v) is 8.79. The van der Waals surface area contributed by atoms with E-state index in [9.17, 15) is 0 Å². The fourth-order valence-electron chi connectivity index (χ4n) is 1.14. The quantitative estimate of drug-likeness (QED) is 0.560. The maximum atomic E-state index is 5.90. The molecule has 1 rings (SSSR count). The predicted molar refractivity (Wildman–Crippen MR) is 69.9 cm³/mol. The van der Waals surface area contributed by atoms with Crippen molar-refractivity contribution in [2.24, 2.45) is 0 Å². The molecule has 0 N–H and O–H groups in total. The van der Waals surface area contributed by atoms with Gasteiger partial charge in [-0.3, -0.25) is 0 Å². The Bertz CT molecular complexity index is 362. The van der Waals surface area contributed by atoms with Crippen LogP contribution in [-0.2, 0) is 4.43 Å². The van der Waals surface area contributed by atoms with Crippen LogP contribution < -0.4 is 0 Å². The Hall–Kier alpha value is -0.443. The lowest BCUT2D eigenvalue weighted by atomic mass is 10.2. The summed E-state index contributed by atoms with van der Waals surface area (Å²) in [7, 11) is -1.62. The van der Waals surface area contributed by atoms with Crippen molar-refractivity contribution in [2.75, 3.05) is 0 Å². The minimum atomic E-state index is -1.62. The minimum Gasteiger partial charge on any atom is -0.544 e. The SMILES string of the molecule is C=C(O[Si](C)(C)C)c1cc(Cl)cc(Cl)c1. The molecule has 0 saturated carbocycles. The van der Waals surface area contributed by atoms with E-state index in [4.69, 9.17) is 27.6 Å². The van der Waals surface area contributed by atoms with Crippen molar-refractivity contribution >= 4 is 37.3 Å². The van der Waals surface area contributed by atoms with Crippen molar-refractivity contribution in [3.63, 3.8) is 0 Å². The molecule has 0 atom stereocenters. The fourth-order valence-corrected chi connectivity index (χ4v) is 2.53. The summed E-state index contributed by atoms with van der Waals surface area (Å²) in [4.78, 5) is 0. The number of hydrogen-bond donors (Lipinski definition) is 0. The molecule has 0 aliphatic heterocycles. The van der Waals surface area contributed by atoms with Crippen LogP contribution in [0.3, 0.4) is 0 Å². The zero-order valence-corrected chi connectivity index (χ0v) is 11.6. The first kappa shape index (κ1) is 12.6. The molecule has 0 aromatic heterocycles. The summed E-state index contributed by atoms with van der Waals surface area (Å²) >= 11 is 11.8. The van der Waals surface area contributed by atoms with Gasteiger partial charge in [0.1, 0.15) is 5.76 Å². The molecule has 4 heteroatoms. The first-order valence-electron chi connectivity index (χ1n) is 4.62. The van der Waals surface area contributed by atoms with E-state index in [0.717, 1.165) is 5.56 Å². The molecule has 0 aliphatic rings. The van der Waals surface area contributed by atoms with Crippen LogP contribution >= 0.6 is 23.2 Å². The maximum absolute atomic E-state index is 5.90. The van der Waals surface area contributed by atoms with Crippen LogP contribution in [0.25, 0.3) is 5.76 Å². The van der Waals surface area contributed by atoms with Crippen LogP contribution in [0.2, 0.25) is 29.7 Å². The molecule has 0 heterocycles. The average Bonchev–Trinajstić information content (AvgIpc) is 1.98. The number of benzene rings is 1. The normalized spacial score (nSPS) is 11.3. The Morgan fingerprint density at radius 3 is 2.00 bits per heavy atom. The third kappa shape index (κ3) is 4.28. The highest BCUT2D eigenvalue weighted by Gasteiger charge is 2.17.